The number of nitro benzene ring substituents is 1. The predicted molar refractivity (Wildman–Crippen MR) is 113 cm³/mol. The van der Waals surface area contributed by atoms with Crippen molar-refractivity contribution in [2.75, 3.05) is 0 Å². The minimum Gasteiger partial charge on any atom is -0.507 e. The largest absolute Gasteiger partial charge is 0.507 e. The molecule has 12 nitrogen and oxygen atoms in total. The van der Waals surface area contributed by atoms with E-state index >= 15 is 0 Å². The molecule has 0 bridgehead atoms. The van der Waals surface area contributed by atoms with E-state index in [0.717, 1.165) is 24.4 Å². The zero-order chi connectivity index (χ0) is 22.7. The molecule has 4 aromatic rings. The van der Waals surface area contributed by atoms with Gasteiger partial charge in [0.15, 0.2) is 11.5 Å². The fourth-order valence-corrected chi connectivity index (χ4v) is 2.82. The molecular formula is C20H13N7O5. The van der Waals surface area contributed by atoms with Crippen molar-refractivity contribution in [1.82, 2.24) is 25.6 Å². The number of rotatable bonds is 5. The number of amides is 1. The number of carbonyl (C=O) groups is 1. The van der Waals surface area contributed by atoms with Gasteiger partial charge >= 0.3 is 0 Å². The SMILES string of the molecule is O=C(N/N=C/c1cc([N+](=O)[O-])ccc1O)c1n[nH]c(=O)c2nc(-c3ccccc3)ncc12. The van der Waals surface area contributed by atoms with E-state index in [2.05, 4.69) is 30.7 Å². The first-order valence-corrected chi connectivity index (χ1v) is 9.05. The van der Waals surface area contributed by atoms with Gasteiger partial charge < -0.3 is 5.11 Å². The number of phenols is 1. The number of H-pyrrole nitrogens is 1. The number of hydrogen-bond donors (Lipinski definition) is 3. The Morgan fingerprint density at radius 3 is 2.75 bits per heavy atom. The van der Waals surface area contributed by atoms with E-state index < -0.39 is 16.4 Å². The topological polar surface area (TPSA) is 176 Å². The van der Waals surface area contributed by atoms with Crippen LogP contribution in [0.3, 0.4) is 0 Å². The van der Waals surface area contributed by atoms with E-state index in [0.29, 0.717) is 11.4 Å². The number of hydrogen-bond acceptors (Lipinski definition) is 9. The fraction of sp³-hybridized carbons (Fsp3) is 0. The molecule has 0 aliphatic heterocycles. The van der Waals surface area contributed by atoms with Gasteiger partial charge in [-0.3, -0.25) is 19.7 Å². The van der Waals surface area contributed by atoms with Gasteiger partial charge in [-0.25, -0.2) is 20.5 Å². The van der Waals surface area contributed by atoms with Crippen LogP contribution in [0.1, 0.15) is 16.1 Å². The molecule has 0 aliphatic carbocycles. The molecule has 0 atom stereocenters. The molecule has 0 saturated carbocycles. The summed E-state index contributed by atoms with van der Waals surface area (Å²) in [5, 5.41) is 30.4. The zero-order valence-corrected chi connectivity index (χ0v) is 16.1. The molecular weight excluding hydrogens is 418 g/mol. The number of non-ortho nitro benzene ring substituents is 1. The fourth-order valence-electron chi connectivity index (χ4n) is 2.82. The number of phenolic OH excluding ortho intramolecular Hbond substituents is 1. The third kappa shape index (κ3) is 4.00. The summed E-state index contributed by atoms with van der Waals surface area (Å²) in [6, 6.07) is 12.4. The van der Waals surface area contributed by atoms with Crippen molar-refractivity contribution < 1.29 is 14.8 Å². The summed E-state index contributed by atoms with van der Waals surface area (Å²) in [6.45, 7) is 0. The summed E-state index contributed by atoms with van der Waals surface area (Å²) in [5.41, 5.74) is 1.85. The third-order valence-corrected chi connectivity index (χ3v) is 4.37. The molecule has 0 spiro atoms. The van der Waals surface area contributed by atoms with Crippen molar-refractivity contribution >= 4 is 28.7 Å². The average molecular weight is 431 g/mol. The van der Waals surface area contributed by atoms with Crippen LogP contribution in [0, 0.1) is 10.1 Å². The van der Waals surface area contributed by atoms with E-state index in [1.807, 2.05) is 6.07 Å². The number of benzene rings is 2. The molecule has 0 fully saturated rings. The Balaban J connectivity index is 1.62. The standard InChI is InChI=1S/C20H13N7O5/c28-15-7-6-13(27(31)32)8-12(15)9-22-25-20(30)17-14-10-21-18(11-4-2-1-3-5-11)23-16(14)19(29)26-24-17/h1-10,28H,(H,25,30)(H,26,29)/b22-9+. The Morgan fingerprint density at radius 1 is 1.22 bits per heavy atom. The highest BCUT2D eigenvalue weighted by atomic mass is 16.6. The normalized spacial score (nSPS) is 11.0. The monoisotopic (exact) mass is 431 g/mol. The molecule has 158 valence electrons. The molecule has 0 unspecified atom stereocenters. The molecule has 4 rings (SSSR count). The molecule has 12 heteroatoms. The third-order valence-electron chi connectivity index (χ3n) is 4.37. The molecule has 0 saturated heterocycles. The van der Waals surface area contributed by atoms with Crippen molar-refractivity contribution in [2.45, 2.75) is 0 Å². The van der Waals surface area contributed by atoms with Gasteiger partial charge in [-0.1, -0.05) is 30.3 Å². The Labute approximate surface area is 178 Å². The van der Waals surface area contributed by atoms with Crippen molar-refractivity contribution in [1.29, 1.82) is 0 Å². The first-order chi connectivity index (χ1) is 15.4. The lowest BCUT2D eigenvalue weighted by molar-refractivity contribution is -0.384. The maximum atomic E-state index is 12.5. The van der Waals surface area contributed by atoms with E-state index in [9.17, 15) is 24.8 Å². The number of aromatic hydroxyl groups is 1. The smallest absolute Gasteiger partial charge is 0.292 e. The number of hydrazone groups is 1. The first kappa shape index (κ1) is 20.3. The number of nitro groups is 1. The van der Waals surface area contributed by atoms with Gasteiger partial charge in [0.2, 0.25) is 0 Å². The second kappa shape index (κ2) is 8.39. The molecule has 2 aromatic carbocycles. The van der Waals surface area contributed by atoms with Crippen LogP contribution < -0.4 is 11.0 Å². The van der Waals surface area contributed by atoms with Crippen LogP contribution in [0.15, 0.2) is 64.6 Å². The minimum atomic E-state index is -0.788. The summed E-state index contributed by atoms with van der Waals surface area (Å²) >= 11 is 0. The summed E-state index contributed by atoms with van der Waals surface area (Å²) in [7, 11) is 0. The number of nitrogens with one attached hydrogen (secondary N) is 2. The number of nitrogens with zero attached hydrogens (tertiary/aromatic N) is 5. The summed E-state index contributed by atoms with van der Waals surface area (Å²) in [5.74, 6) is -0.744. The van der Waals surface area contributed by atoms with Crippen LogP contribution in [-0.4, -0.2) is 42.3 Å². The molecule has 0 radical (unpaired) electrons. The Bertz CT molecular complexity index is 1430. The number of carbonyl (C=O) groups excluding carboxylic acids is 1. The Kier molecular flexibility index (Phi) is 5.32. The van der Waals surface area contributed by atoms with Gasteiger partial charge in [0.25, 0.3) is 17.2 Å². The van der Waals surface area contributed by atoms with Crippen molar-refractivity contribution in [2.24, 2.45) is 5.10 Å². The maximum Gasteiger partial charge on any atom is 0.292 e. The summed E-state index contributed by atoms with van der Waals surface area (Å²) in [6.07, 6.45) is 2.36. The van der Waals surface area contributed by atoms with Gasteiger partial charge in [0, 0.05) is 29.5 Å². The lowest BCUT2D eigenvalue weighted by Crippen LogP contribution is -2.23. The molecule has 32 heavy (non-hydrogen) atoms. The highest BCUT2D eigenvalue weighted by Crippen LogP contribution is 2.21. The quantitative estimate of drug-likeness (QED) is 0.243. The van der Waals surface area contributed by atoms with Gasteiger partial charge in [0.05, 0.1) is 16.5 Å². The van der Waals surface area contributed by atoms with Crippen LogP contribution in [-0.2, 0) is 0 Å². The van der Waals surface area contributed by atoms with E-state index in [1.165, 1.54) is 6.20 Å². The summed E-state index contributed by atoms with van der Waals surface area (Å²) in [4.78, 5) is 43.4. The highest BCUT2D eigenvalue weighted by Gasteiger charge is 2.16. The molecule has 3 N–H and O–H groups in total. The maximum absolute atomic E-state index is 12.5. The van der Waals surface area contributed by atoms with E-state index in [1.54, 1.807) is 24.3 Å². The van der Waals surface area contributed by atoms with Gasteiger partial charge in [-0.15, -0.1) is 0 Å². The van der Waals surface area contributed by atoms with Crippen LogP contribution in [0.4, 0.5) is 5.69 Å². The zero-order valence-electron chi connectivity index (χ0n) is 16.1. The number of fused-ring (bicyclic) bond motifs is 1. The second-order valence-corrected chi connectivity index (χ2v) is 6.42. The van der Waals surface area contributed by atoms with Crippen molar-refractivity contribution in [3.63, 3.8) is 0 Å². The lowest BCUT2D eigenvalue weighted by Gasteiger charge is -2.05. The molecule has 0 aliphatic rings. The van der Waals surface area contributed by atoms with E-state index in [4.69, 9.17) is 0 Å². The molecule has 2 heterocycles. The minimum absolute atomic E-state index is 0.0228. The Morgan fingerprint density at radius 2 is 2.00 bits per heavy atom. The van der Waals surface area contributed by atoms with Crippen molar-refractivity contribution in [3.8, 4) is 17.1 Å². The van der Waals surface area contributed by atoms with Gasteiger partial charge in [-0.2, -0.15) is 10.2 Å². The average Bonchev–Trinajstić information content (AvgIpc) is 2.80. The van der Waals surface area contributed by atoms with Crippen LogP contribution in [0.2, 0.25) is 0 Å². The van der Waals surface area contributed by atoms with Gasteiger partial charge in [0.1, 0.15) is 11.3 Å². The predicted octanol–water partition coefficient (Wildman–Crippen LogP) is 1.76. The Hall–Kier alpha value is -5.00. The molecule has 2 aromatic heterocycles. The first-order valence-electron chi connectivity index (χ1n) is 9.05. The lowest BCUT2D eigenvalue weighted by atomic mass is 10.2. The number of aromatic amines is 1. The number of aromatic nitrogens is 4. The van der Waals surface area contributed by atoms with Crippen LogP contribution >= 0.6 is 0 Å². The van der Waals surface area contributed by atoms with Gasteiger partial charge in [-0.05, 0) is 6.07 Å². The summed E-state index contributed by atoms with van der Waals surface area (Å²) < 4.78 is 0. The van der Waals surface area contributed by atoms with Crippen LogP contribution in [0.5, 0.6) is 5.75 Å². The van der Waals surface area contributed by atoms with Crippen LogP contribution in [0.25, 0.3) is 22.3 Å². The van der Waals surface area contributed by atoms with E-state index in [-0.39, 0.29) is 33.6 Å². The molecule has 1 amide bonds. The highest BCUT2D eigenvalue weighted by molar-refractivity contribution is 6.04. The van der Waals surface area contributed by atoms with Crippen molar-refractivity contribution in [3.05, 3.63) is 86.5 Å². The second-order valence-electron chi connectivity index (χ2n) is 6.42.